The van der Waals surface area contributed by atoms with E-state index in [0.717, 1.165) is 30.0 Å². The average molecular weight is 499 g/mol. The van der Waals surface area contributed by atoms with Gasteiger partial charge >= 0.3 is 6.09 Å². The molecule has 0 aliphatic heterocycles. The first kappa shape index (κ1) is 24.9. The number of primary amides is 1. The summed E-state index contributed by atoms with van der Waals surface area (Å²) in [4.78, 5) is 30.6. The Morgan fingerprint density at radius 3 is 2.71 bits per heavy atom. The molecule has 35 heavy (non-hydrogen) atoms. The lowest BCUT2D eigenvalue weighted by molar-refractivity contribution is -0.118. The normalized spacial score (nSPS) is 17.9. The predicted octanol–water partition coefficient (Wildman–Crippen LogP) is 5.26. The second kappa shape index (κ2) is 11.5. The quantitative estimate of drug-likeness (QED) is 0.441. The van der Waals surface area contributed by atoms with Crippen molar-refractivity contribution in [3.05, 3.63) is 71.1 Å². The standard InChI is InChI=1S/C26H28ClFN4O3/c27-25-19(8-5-9-20(25)28)16-32(13-12-23(29)33)21-10-3-4-11-22(21)35-26(34)31-24-14-17-6-1-2-7-18(17)15-30-24/h1-2,5-9,14-15,21-22H,3-4,10-13,16H2,(H2,29,33)(H,30,31,34)/t21-,22-/m1/s1. The summed E-state index contributed by atoms with van der Waals surface area (Å²) in [5.74, 6) is -0.537. The van der Waals surface area contributed by atoms with E-state index in [2.05, 4.69) is 10.3 Å². The van der Waals surface area contributed by atoms with Gasteiger partial charge in [-0.1, -0.05) is 54.4 Å². The summed E-state index contributed by atoms with van der Waals surface area (Å²) in [5.41, 5.74) is 6.01. The first-order chi connectivity index (χ1) is 16.9. The van der Waals surface area contributed by atoms with Crippen LogP contribution in [0.2, 0.25) is 5.02 Å². The Labute approximate surface area is 208 Å². The number of nitrogens with two attached hydrogens (primary N) is 1. The number of aromatic nitrogens is 1. The van der Waals surface area contributed by atoms with Crippen LogP contribution in [0.5, 0.6) is 0 Å². The highest BCUT2D eigenvalue weighted by Crippen LogP contribution is 2.29. The molecule has 9 heteroatoms. The lowest BCUT2D eigenvalue weighted by Gasteiger charge is -2.39. The molecule has 3 N–H and O–H groups in total. The van der Waals surface area contributed by atoms with Crippen LogP contribution in [0, 0.1) is 5.82 Å². The van der Waals surface area contributed by atoms with Gasteiger partial charge in [0.2, 0.25) is 5.91 Å². The number of hydrogen-bond acceptors (Lipinski definition) is 5. The molecule has 7 nitrogen and oxygen atoms in total. The highest BCUT2D eigenvalue weighted by molar-refractivity contribution is 6.31. The van der Waals surface area contributed by atoms with Gasteiger partial charge in [0.1, 0.15) is 17.7 Å². The molecule has 184 valence electrons. The van der Waals surface area contributed by atoms with Gasteiger partial charge in [-0.3, -0.25) is 15.0 Å². The van der Waals surface area contributed by atoms with Crippen LogP contribution in [0.25, 0.3) is 10.8 Å². The first-order valence-electron chi connectivity index (χ1n) is 11.7. The van der Waals surface area contributed by atoms with Crippen molar-refractivity contribution in [2.75, 3.05) is 11.9 Å². The molecular weight excluding hydrogens is 471 g/mol. The third-order valence-corrected chi connectivity index (χ3v) is 6.73. The van der Waals surface area contributed by atoms with E-state index in [4.69, 9.17) is 22.1 Å². The molecule has 1 fully saturated rings. The molecule has 0 saturated heterocycles. The highest BCUT2D eigenvalue weighted by Gasteiger charge is 2.33. The molecular formula is C26H28ClFN4O3. The minimum Gasteiger partial charge on any atom is -0.444 e. The number of ether oxygens (including phenoxy) is 1. The molecule has 2 atom stereocenters. The van der Waals surface area contributed by atoms with Crippen LogP contribution in [-0.4, -0.2) is 40.6 Å². The summed E-state index contributed by atoms with van der Waals surface area (Å²) in [6.07, 6.45) is 4.11. The van der Waals surface area contributed by atoms with Gasteiger partial charge in [0.25, 0.3) is 0 Å². The third-order valence-electron chi connectivity index (χ3n) is 6.31. The topological polar surface area (TPSA) is 97.5 Å². The van der Waals surface area contributed by atoms with Crippen molar-refractivity contribution < 1.29 is 18.7 Å². The molecule has 1 aliphatic carbocycles. The molecule has 0 bridgehead atoms. The van der Waals surface area contributed by atoms with Crippen molar-refractivity contribution in [3.8, 4) is 0 Å². The van der Waals surface area contributed by atoms with Crippen LogP contribution in [0.3, 0.4) is 0 Å². The van der Waals surface area contributed by atoms with Crippen LogP contribution >= 0.6 is 11.6 Å². The van der Waals surface area contributed by atoms with Gasteiger partial charge in [-0.25, -0.2) is 14.2 Å². The van der Waals surface area contributed by atoms with Gasteiger partial charge < -0.3 is 10.5 Å². The van der Waals surface area contributed by atoms with E-state index in [0.29, 0.717) is 30.9 Å². The number of hydrogen-bond donors (Lipinski definition) is 2. The van der Waals surface area contributed by atoms with Crippen molar-refractivity contribution in [1.29, 1.82) is 0 Å². The van der Waals surface area contributed by atoms with Crippen LogP contribution < -0.4 is 11.1 Å². The van der Waals surface area contributed by atoms with Gasteiger partial charge in [-0.05, 0) is 42.3 Å². The molecule has 0 spiro atoms. The lowest BCUT2D eigenvalue weighted by atomic mass is 9.90. The third kappa shape index (κ3) is 6.46. The zero-order chi connectivity index (χ0) is 24.8. The van der Waals surface area contributed by atoms with Crippen molar-refractivity contribution >= 4 is 40.2 Å². The smallest absolute Gasteiger partial charge is 0.413 e. The summed E-state index contributed by atoms with van der Waals surface area (Å²) >= 11 is 6.20. The SMILES string of the molecule is NC(=O)CCN(Cc1cccc(F)c1Cl)[C@@H]1CCCC[C@H]1OC(=O)Nc1cc2ccccc2cn1. The number of nitrogens with one attached hydrogen (secondary N) is 1. The average Bonchev–Trinajstić information content (AvgIpc) is 2.84. The molecule has 1 heterocycles. The number of benzene rings is 2. The highest BCUT2D eigenvalue weighted by atomic mass is 35.5. The lowest BCUT2D eigenvalue weighted by Crippen LogP contribution is -2.48. The van der Waals surface area contributed by atoms with Gasteiger partial charge in [0, 0.05) is 37.1 Å². The van der Waals surface area contributed by atoms with Crippen molar-refractivity contribution in [2.45, 2.75) is 50.8 Å². The van der Waals surface area contributed by atoms with Gasteiger partial charge in [0.15, 0.2) is 0 Å². The zero-order valence-electron chi connectivity index (χ0n) is 19.3. The number of halogens is 2. The maximum absolute atomic E-state index is 14.0. The fraction of sp³-hybridized carbons (Fsp3) is 0.346. The van der Waals surface area contributed by atoms with Crippen LogP contribution in [0.4, 0.5) is 15.0 Å². The molecule has 0 unspecified atom stereocenters. The number of anilines is 1. The molecule has 1 aliphatic rings. The van der Waals surface area contributed by atoms with E-state index in [9.17, 15) is 14.0 Å². The number of fused-ring (bicyclic) bond motifs is 1. The summed E-state index contributed by atoms with van der Waals surface area (Å²) in [6.45, 7) is 0.656. The number of rotatable bonds is 8. The van der Waals surface area contributed by atoms with Crippen molar-refractivity contribution in [2.24, 2.45) is 5.73 Å². The van der Waals surface area contributed by atoms with E-state index in [1.165, 1.54) is 6.07 Å². The Morgan fingerprint density at radius 2 is 1.91 bits per heavy atom. The molecule has 2 amide bonds. The van der Waals surface area contributed by atoms with E-state index >= 15 is 0 Å². The fourth-order valence-corrected chi connectivity index (χ4v) is 4.75. The largest absolute Gasteiger partial charge is 0.444 e. The van der Waals surface area contributed by atoms with Gasteiger partial charge in [0.05, 0.1) is 5.02 Å². The van der Waals surface area contributed by atoms with Gasteiger partial charge in [-0.2, -0.15) is 0 Å². The summed E-state index contributed by atoms with van der Waals surface area (Å²) < 4.78 is 19.9. The number of carbonyl (C=O) groups is 2. The Hall–Kier alpha value is -3.23. The maximum Gasteiger partial charge on any atom is 0.413 e. The van der Waals surface area contributed by atoms with Crippen molar-refractivity contribution in [1.82, 2.24) is 9.88 Å². The molecule has 4 rings (SSSR count). The van der Waals surface area contributed by atoms with Crippen molar-refractivity contribution in [3.63, 3.8) is 0 Å². The number of carbonyl (C=O) groups excluding carboxylic acids is 2. The monoisotopic (exact) mass is 498 g/mol. The summed E-state index contributed by atoms with van der Waals surface area (Å²) in [6, 6.07) is 14.0. The van der Waals surface area contributed by atoms with E-state index in [-0.39, 0.29) is 17.5 Å². The Balaban J connectivity index is 1.49. The molecule has 1 saturated carbocycles. The first-order valence-corrected chi connectivity index (χ1v) is 12.1. The number of pyridine rings is 1. The second-order valence-electron chi connectivity index (χ2n) is 8.74. The molecule has 1 aromatic heterocycles. The Morgan fingerprint density at radius 1 is 1.14 bits per heavy atom. The van der Waals surface area contributed by atoms with E-state index < -0.39 is 23.9 Å². The minimum absolute atomic E-state index is 0.0463. The second-order valence-corrected chi connectivity index (χ2v) is 9.11. The molecule has 0 radical (unpaired) electrons. The molecule has 3 aromatic rings. The fourth-order valence-electron chi connectivity index (χ4n) is 4.56. The number of nitrogens with zero attached hydrogens (tertiary/aromatic N) is 2. The van der Waals surface area contributed by atoms with Crippen LogP contribution in [0.15, 0.2) is 54.7 Å². The van der Waals surface area contributed by atoms with E-state index in [1.54, 1.807) is 24.4 Å². The van der Waals surface area contributed by atoms with E-state index in [1.807, 2.05) is 29.2 Å². The summed E-state index contributed by atoms with van der Waals surface area (Å²) in [5, 5.41) is 4.70. The van der Waals surface area contributed by atoms with Crippen LogP contribution in [-0.2, 0) is 16.1 Å². The van der Waals surface area contributed by atoms with Gasteiger partial charge in [-0.15, -0.1) is 0 Å². The Kier molecular flexibility index (Phi) is 8.15. The molecule has 2 aromatic carbocycles. The predicted molar refractivity (Wildman–Crippen MR) is 134 cm³/mol. The maximum atomic E-state index is 14.0. The Bertz CT molecular complexity index is 1210. The van der Waals surface area contributed by atoms with Crippen LogP contribution in [0.1, 0.15) is 37.7 Å². The summed E-state index contributed by atoms with van der Waals surface area (Å²) in [7, 11) is 0. The minimum atomic E-state index is -0.594. The zero-order valence-corrected chi connectivity index (χ0v) is 20.0. The number of amides is 2.